The lowest BCUT2D eigenvalue weighted by molar-refractivity contribution is -0.118. The van der Waals surface area contributed by atoms with Gasteiger partial charge in [-0.2, -0.15) is 5.10 Å². The van der Waals surface area contributed by atoms with Gasteiger partial charge >= 0.3 is 0 Å². The van der Waals surface area contributed by atoms with Crippen molar-refractivity contribution in [1.29, 1.82) is 0 Å². The van der Waals surface area contributed by atoms with Gasteiger partial charge in [0.15, 0.2) is 5.13 Å². The van der Waals surface area contributed by atoms with E-state index in [0.29, 0.717) is 0 Å². The molecule has 4 rings (SSSR count). The summed E-state index contributed by atoms with van der Waals surface area (Å²) < 4.78 is 8.14. The monoisotopic (exact) mass is 458 g/mol. The number of likely N-dealkylation sites (N-methyl/N-ethyl adjacent to an activating group) is 1. The van der Waals surface area contributed by atoms with Gasteiger partial charge in [0.05, 0.1) is 29.6 Å². The minimum atomic E-state index is -0.459. The molecule has 1 amide bonds. The van der Waals surface area contributed by atoms with Gasteiger partial charge in [-0.3, -0.25) is 9.48 Å². The number of benzene rings is 1. The van der Waals surface area contributed by atoms with E-state index in [0.717, 1.165) is 52.9 Å². The molecule has 2 aromatic heterocycles. The van der Waals surface area contributed by atoms with E-state index in [2.05, 4.69) is 20.6 Å². The van der Waals surface area contributed by atoms with Gasteiger partial charge < -0.3 is 20.3 Å². The van der Waals surface area contributed by atoms with E-state index in [-0.39, 0.29) is 30.7 Å². The average molecular weight is 459 g/mol. The van der Waals surface area contributed by atoms with Crippen LogP contribution in [-0.2, 0) is 16.6 Å². The van der Waals surface area contributed by atoms with E-state index in [1.165, 1.54) is 0 Å². The van der Waals surface area contributed by atoms with Crippen LogP contribution in [0.5, 0.6) is 0 Å². The molecule has 11 heteroatoms. The molecule has 2 N–H and O–H groups in total. The Morgan fingerprint density at radius 2 is 2.03 bits per heavy atom. The van der Waals surface area contributed by atoms with Crippen molar-refractivity contribution < 1.29 is 9.53 Å². The zero-order valence-electron chi connectivity index (χ0n) is 16.1. The predicted molar refractivity (Wildman–Crippen MR) is 121 cm³/mol. The Labute approximate surface area is 185 Å². The molecular weight excluding hydrogens is 435 g/mol. The van der Waals surface area contributed by atoms with E-state index >= 15 is 0 Å². The number of amides is 1. The highest BCUT2D eigenvalue weighted by molar-refractivity contribution is 7.22. The number of aryl methyl sites for hydroxylation is 1. The van der Waals surface area contributed by atoms with Crippen LogP contribution in [0.2, 0.25) is 0 Å². The molecule has 0 spiro atoms. The van der Waals surface area contributed by atoms with Crippen molar-refractivity contribution in [1.82, 2.24) is 20.1 Å². The van der Waals surface area contributed by atoms with Crippen LogP contribution >= 0.6 is 36.2 Å². The second-order valence-corrected chi connectivity index (χ2v) is 7.45. The number of ether oxygens (including phenoxy) is 1. The highest BCUT2D eigenvalue weighted by atomic mass is 35.5. The summed E-state index contributed by atoms with van der Waals surface area (Å²) in [6.45, 7) is 3.19. The molecule has 3 aromatic rings. The average Bonchev–Trinajstić information content (AvgIpc) is 3.29. The third-order valence-corrected chi connectivity index (χ3v) is 5.61. The first-order valence-corrected chi connectivity index (χ1v) is 9.65. The van der Waals surface area contributed by atoms with Gasteiger partial charge in [0, 0.05) is 37.6 Å². The van der Waals surface area contributed by atoms with Crippen LogP contribution in [0.4, 0.5) is 10.8 Å². The summed E-state index contributed by atoms with van der Waals surface area (Å²) >= 11 is 1.64. The number of halogens is 2. The number of rotatable bonds is 5. The Morgan fingerprint density at radius 1 is 1.28 bits per heavy atom. The Balaban J connectivity index is 0.00000150. The molecule has 1 aromatic carbocycles. The number of nitrogens with one attached hydrogen (secondary N) is 2. The lowest BCUT2D eigenvalue weighted by Gasteiger charge is -2.25. The number of anilines is 2. The number of thiazole rings is 1. The number of aromatic nitrogens is 3. The maximum absolute atomic E-state index is 12.7. The molecule has 0 saturated carbocycles. The zero-order valence-corrected chi connectivity index (χ0v) is 18.6. The van der Waals surface area contributed by atoms with E-state index in [1.807, 2.05) is 31.4 Å². The molecule has 1 fully saturated rings. The maximum Gasteiger partial charge on any atom is 0.246 e. The highest BCUT2D eigenvalue weighted by Crippen LogP contribution is 2.31. The van der Waals surface area contributed by atoms with Crippen LogP contribution in [-0.4, -0.2) is 54.0 Å². The summed E-state index contributed by atoms with van der Waals surface area (Å²) in [6, 6.07) is 5.35. The zero-order chi connectivity index (χ0) is 18.8. The van der Waals surface area contributed by atoms with Crippen LogP contribution < -0.4 is 15.5 Å². The number of carbonyl (C=O) groups is 1. The number of morpholine rings is 1. The normalized spacial score (nSPS) is 14.8. The van der Waals surface area contributed by atoms with Gasteiger partial charge in [0.1, 0.15) is 6.04 Å². The smallest absolute Gasteiger partial charge is 0.246 e. The largest absolute Gasteiger partial charge is 0.378 e. The maximum atomic E-state index is 12.7. The molecule has 158 valence electrons. The summed E-state index contributed by atoms with van der Waals surface area (Å²) in [5, 5.41) is 11.2. The number of fused-ring (bicyclic) bond motifs is 1. The predicted octanol–water partition coefficient (Wildman–Crippen LogP) is 2.61. The summed E-state index contributed by atoms with van der Waals surface area (Å²) in [7, 11) is 3.59. The summed E-state index contributed by atoms with van der Waals surface area (Å²) in [5.74, 6) is -0.122. The van der Waals surface area contributed by atoms with Gasteiger partial charge in [-0.25, -0.2) is 4.98 Å². The van der Waals surface area contributed by atoms with E-state index in [1.54, 1.807) is 29.3 Å². The SMILES string of the molecule is CNC(C(=O)Nc1ccc2nc(N3CCOCC3)sc2c1)c1cnn(C)c1.Cl.Cl. The molecule has 1 aliphatic rings. The minimum Gasteiger partial charge on any atom is -0.378 e. The molecule has 0 aliphatic carbocycles. The molecule has 3 heterocycles. The number of hydrogen-bond donors (Lipinski definition) is 2. The fourth-order valence-electron chi connectivity index (χ4n) is 3.13. The minimum absolute atomic E-state index is 0. The van der Waals surface area contributed by atoms with Crippen LogP contribution in [0.1, 0.15) is 11.6 Å². The van der Waals surface area contributed by atoms with Crippen LogP contribution in [0.15, 0.2) is 30.6 Å². The summed E-state index contributed by atoms with van der Waals surface area (Å²) in [6.07, 6.45) is 3.53. The summed E-state index contributed by atoms with van der Waals surface area (Å²) in [4.78, 5) is 19.7. The van der Waals surface area contributed by atoms with Crippen molar-refractivity contribution in [2.24, 2.45) is 7.05 Å². The molecular formula is C18H24Cl2N6O2S. The Bertz CT molecular complexity index is 957. The topological polar surface area (TPSA) is 84.3 Å². The lowest BCUT2D eigenvalue weighted by Crippen LogP contribution is -2.36. The number of carbonyl (C=O) groups excluding carboxylic acids is 1. The first kappa shape index (κ1) is 23.4. The van der Waals surface area contributed by atoms with E-state index < -0.39 is 6.04 Å². The molecule has 1 saturated heterocycles. The van der Waals surface area contributed by atoms with Crippen LogP contribution in [0.25, 0.3) is 10.2 Å². The van der Waals surface area contributed by atoms with Crippen LogP contribution in [0, 0.1) is 0 Å². The first-order valence-electron chi connectivity index (χ1n) is 8.84. The lowest BCUT2D eigenvalue weighted by atomic mass is 10.1. The van der Waals surface area contributed by atoms with Crippen LogP contribution in [0.3, 0.4) is 0 Å². The Morgan fingerprint density at radius 3 is 2.69 bits per heavy atom. The second kappa shape index (κ2) is 10.2. The molecule has 1 atom stereocenters. The number of hydrogen-bond acceptors (Lipinski definition) is 7. The Kier molecular flexibility index (Phi) is 8.23. The molecule has 29 heavy (non-hydrogen) atoms. The van der Waals surface area contributed by atoms with Gasteiger partial charge in [-0.05, 0) is 25.2 Å². The van der Waals surface area contributed by atoms with Gasteiger partial charge in [-0.15, -0.1) is 24.8 Å². The Hall–Kier alpha value is -1.91. The fraction of sp³-hybridized carbons (Fsp3) is 0.389. The number of nitrogens with zero attached hydrogens (tertiary/aromatic N) is 4. The second-order valence-electron chi connectivity index (χ2n) is 6.44. The van der Waals surface area contributed by atoms with Crippen molar-refractivity contribution >= 4 is 63.1 Å². The molecule has 0 bridgehead atoms. The fourth-order valence-corrected chi connectivity index (χ4v) is 4.19. The molecule has 1 aliphatic heterocycles. The van der Waals surface area contributed by atoms with Gasteiger partial charge in [0.2, 0.25) is 5.91 Å². The standard InChI is InChI=1S/C18H22N6O2S.2ClH/c1-19-16(12-10-20-23(2)11-12)17(25)21-13-3-4-14-15(9-13)27-18(22-14)24-5-7-26-8-6-24;;/h3-4,9-11,16,19H,5-8H2,1-2H3,(H,21,25);2*1H. The van der Waals surface area contributed by atoms with Crippen molar-refractivity contribution in [2.45, 2.75) is 6.04 Å². The van der Waals surface area contributed by atoms with Crippen molar-refractivity contribution in [2.75, 3.05) is 43.6 Å². The van der Waals surface area contributed by atoms with Gasteiger partial charge in [-0.1, -0.05) is 11.3 Å². The third-order valence-electron chi connectivity index (χ3n) is 4.54. The highest BCUT2D eigenvalue weighted by Gasteiger charge is 2.21. The third kappa shape index (κ3) is 5.18. The van der Waals surface area contributed by atoms with Gasteiger partial charge in [0.25, 0.3) is 0 Å². The molecule has 0 radical (unpaired) electrons. The van der Waals surface area contributed by atoms with Crippen molar-refractivity contribution in [3.05, 3.63) is 36.2 Å². The first-order chi connectivity index (χ1) is 13.1. The quantitative estimate of drug-likeness (QED) is 0.611. The van der Waals surface area contributed by atoms with Crippen molar-refractivity contribution in [3.8, 4) is 0 Å². The molecule has 1 unspecified atom stereocenters. The molecule has 8 nitrogen and oxygen atoms in total. The van der Waals surface area contributed by atoms with E-state index in [9.17, 15) is 4.79 Å². The summed E-state index contributed by atoms with van der Waals surface area (Å²) in [5.41, 5.74) is 2.52. The van der Waals surface area contributed by atoms with Crippen molar-refractivity contribution in [3.63, 3.8) is 0 Å². The van der Waals surface area contributed by atoms with E-state index in [4.69, 9.17) is 9.72 Å².